The van der Waals surface area contributed by atoms with Gasteiger partial charge in [-0.3, -0.25) is 0 Å². The summed E-state index contributed by atoms with van der Waals surface area (Å²) < 4.78 is 0. The van der Waals surface area contributed by atoms with Crippen molar-refractivity contribution < 1.29 is 19.8 Å². The molecule has 0 bridgehead atoms. The van der Waals surface area contributed by atoms with Crippen LogP contribution in [0.15, 0.2) is 24.3 Å². The number of hydrogen-bond acceptors (Lipinski definition) is 2. The van der Waals surface area contributed by atoms with Gasteiger partial charge < -0.3 is 10.2 Å². The van der Waals surface area contributed by atoms with E-state index in [-0.39, 0.29) is 35.6 Å². The standard InChI is InChI=1S/C8H6O4.Sb.3H/c9-7(10)5-3-1-2-4-6(5)8(11)12;;;;/h1-4H,(H,9,10)(H,11,12);;;;. The Morgan fingerprint density at radius 1 is 0.923 bits per heavy atom. The van der Waals surface area contributed by atoms with Crippen molar-refractivity contribution in [3.63, 3.8) is 0 Å². The Morgan fingerprint density at radius 2 is 1.23 bits per heavy atom. The Morgan fingerprint density at radius 3 is 1.46 bits per heavy atom. The van der Waals surface area contributed by atoms with E-state index in [0.29, 0.717) is 0 Å². The van der Waals surface area contributed by atoms with Gasteiger partial charge in [-0.25, -0.2) is 9.59 Å². The average Bonchev–Trinajstić information content (AvgIpc) is 2.04. The van der Waals surface area contributed by atoms with Gasteiger partial charge in [0.05, 0.1) is 11.1 Å². The molecule has 0 fully saturated rings. The zero-order chi connectivity index (χ0) is 9.14. The second kappa shape index (κ2) is 4.87. The predicted octanol–water partition coefficient (Wildman–Crippen LogP) is -0.101. The molecule has 0 spiro atoms. The molecule has 0 saturated heterocycles. The molecule has 0 aliphatic rings. The van der Waals surface area contributed by atoms with Crippen LogP contribution in [-0.4, -0.2) is 46.6 Å². The van der Waals surface area contributed by atoms with Gasteiger partial charge in [-0.05, 0) is 12.1 Å². The van der Waals surface area contributed by atoms with Crippen molar-refractivity contribution in [3.05, 3.63) is 35.4 Å². The molecular formula is C8H9O4Sb. The second-order valence-corrected chi connectivity index (χ2v) is 2.16. The van der Waals surface area contributed by atoms with Gasteiger partial charge in [-0.1, -0.05) is 12.1 Å². The first-order chi connectivity index (χ1) is 5.63. The maximum atomic E-state index is 10.5. The number of hydrogen-bond donors (Lipinski definition) is 2. The molecule has 2 N–H and O–H groups in total. The summed E-state index contributed by atoms with van der Waals surface area (Å²) in [7, 11) is 0. The molecule has 5 heteroatoms. The monoisotopic (exact) mass is 290 g/mol. The van der Waals surface area contributed by atoms with E-state index < -0.39 is 11.9 Å². The van der Waals surface area contributed by atoms with Crippen molar-refractivity contribution in [1.29, 1.82) is 0 Å². The maximum absolute atomic E-state index is 10.5. The summed E-state index contributed by atoms with van der Waals surface area (Å²) in [6.07, 6.45) is 0. The minimum atomic E-state index is -1.23. The van der Waals surface area contributed by atoms with Crippen LogP contribution in [-0.2, 0) is 0 Å². The van der Waals surface area contributed by atoms with E-state index >= 15 is 0 Å². The summed E-state index contributed by atoms with van der Waals surface area (Å²) in [6.45, 7) is 0. The molecule has 0 amide bonds. The van der Waals surface area contributed by atoms with Crippen LogP contribution in [0.1, 0.15) is 20.7 Å². The Kier molecular flexibility index (Phi) is 4.49. The van der Waals surface area contributed by atoms with E-state index in [9.17, 15) is 9.59 Å². The minimum absolute atomic E-state index is 0. The Balaban J connectivity index is 0.00000144. The van der Waals surface area contributed by atoms with Gasteiger partial charge in [-0.2, -0.15) is 0 Å². The molecule has 0 aliphatic heterocycles. The first-order valence-corrected chi connectivity index (χ1v) is 3.18. The Hall–Kier alpha value is -1.02. The van der Waals surface area contributed by atoms with Gasteiger partial charge >= 0.3 is 36.4 Å². The van der Waals surface area contributed by atoms with Crippen molar-refractivity contribution in [3.8, 4) is 0 Å². The predicted molar refractivity (Wildman–Crippen MR) is 50.3 cm³/mol. The molecule has 1 aromatic rings. The summed E-state index contributed by atoms with van der Waals surface area (Å²) in [5.41, 5.74) is -0.380. The first-order valence-electron chi connectivity index (χ1n) is 3.18. The summed E-state index contributed by atoms with van der Waals surface area (Å²) in [4.78, 5) is 20.9. The van der Waals surface area contributed by atoms with Crippen LogP contribution in [0.25, 0.3) is 0 Å². The van der Waals surface area contributed by atoms with E-state index in [1.807, 2.05) is 0 Å². The molecule has 1 aromatic carbocycles. The van der Waals surface area contributed by atoms with E-state index in [4.69, 9.17) is 10.2 Å². The fourth-order valence-electron chi connectivity index (χ4n) is 0.856. The van der Waals surface area contributed by atoms with Gasteiger partial charge in [0.15, 0.2) is 0 Å². The van der Waals surface area contributed by atoms with Gasteiger partial charge in [0.2, 0.25) is 0 Å². The molecule has 0 aliphatic carbocycles. The molecule has 4 nitrogen and oxygen atoms in total. The van der Waals surface area contributed by atoms with E-state index in [1.54, 1.807) is 0 Å². The summed E-state index contributed by atoms with van der Waals surface area (Å²) >= 11 is 0. The third-order valence-corrected chi connectivity index (χ3v) is 1.39. The van der Waals surface area contributed by atoms with E-state index in [0.717, 1.165) is 0 Å². The van der Waals surface area contributed by atoms with E-state index in [1.165, 1.54) is 24.3 Å². The third-order valence-electron chi connectivity index (χ3n) is 1.39. The van der Waals surface area contributed by atoms with Gasteiger partial charge in [0.25, 0.3) is 0 Å². The molecule has 13 heavy (non-hydrogen) atoms. The SMILES string of the molecule is O=C(O)c1ccccc1C(=O)O.[SbH3]. The van der Waals surface area contributed by atoms with Crippen LogP contribution in [0.5, 0.6) is 0 Å². The number of carboxylic acids is 2. The van der Waals surface area contributed by atoms with E-state index in [2.05, 4.69) is 0 Å². The van der Waals surface area contributed by atoms with Crippen molar-refractivity contribution in [2.24, 2.45) is 0 Å². The Bertz CT molecular complexity index is 302. The number of aromatic carboxylic acids is 2. The second-order valence-electron chi connectivity index (χ2n) is 2.16. The van der Waals surface area contributed by atoms with Crippen LogP contribution in [0, 0.1) is 0 Å². The van der Waals surface area contributed by atoms with Crippen LogP contribution in [0.4, 0.5) is 0 Å². The Labute approximate surface area is 91.6 Å². The van der Waals surface area contributed by atoms with Crippen molar-refractivity contribution in [1.82, 2.24) is 0 Å². The molecule has 0 saturated carbocycles. The van der Waals surface area contributed by atoms with Crippen LogP contribution in [0.2, 0.25) is 0 Å². The zero-order valence-corrected chi connectivity index (χ0v) is 10.8. The van der Waals surface area contributed by atoms with Crippen molar-refractivity contribution >= 4 is 36.4 Å². The fraction of sp³-hybridized carbons (Fsp3) is 0. The summed E-state index contributed by atoms with van der Waals surface area (Å²) in [6, 6.07) is 5.48. The van der Waals surface area contributed by atoms with Crippen LogP contribution in [0.3, 0.4) is 0 Å². The molecule has 0 heterocycles. The molecule has 0 radical (unpaired) electrons. The normalized spacial score (nSPS) is 8.62. The first kappa shape index (κ1) is 12.0. The molecule has 70 valence electrons. The molecule has 0 aromatic heterocycles. The number of carbonyl (C=O) groups is 2. The van der Waals surface area contributed by atoms with Gasteiger partial charge in [-0.15, -0.1) is 0 Å². The van der Waals surface area contributed by atoms with Crippen molar-refractivity contribution in [2.45, 2.75) is 0 Å². The van der Waals surface area contributed by atoms with Gasteiger partial charge in [0, 0.05) is 0 Å². The number of carboxylic acid groups (broad SMARTS) is 2. The quantitative estimate of drug-likeness (QED) is 0.746. The topological polar surface area (TPSA) is 74.6 Å². The van der Waals surface area contributed by atoms with Crippen LogP contribution < -0.4 is 0 Å². The molecule has 0 atom stereocenters. The summed E-state index contributed by atoms with van der Waals surface area (Å²) in [5, 5.41) is 17.1. The number of rotatable bonds is 2. The van der Waals surface area contributed by atoms with Crippen LogP contribution >= 0.6 is 0 Å². The molecule has 0 unspecified atom stereocenters. The molecule has 1 rings (SSSR count). The van der Waals surface area contributed by atoms with Crippen molar-refractivity contribution in [2.75, 3.05) is 0 Å². The average molecular weight is 291 g/mol. The fourth-order valence-corrected chi connectivity index (χ4v) is 0.856. The van der Waals surface area contributed by atoms with Gasteiger partial charge in [0.1, 0.15) is 0 Å². The zero-order valence-electron chi connectivity index (χ0n) is 6.73. The number of benzene rings is 1. The molecular weight excluding hydrogens is 282 g/mol. The summed E-state index contributed by atoms with van der Waals surface area (Å²) in [5.74, 6) is -2.46. The third kappa shape index (κ3) is 2.74.